The third kappa shape index (κ3) is 4.90. The van der Waals surface area contributed by atoms with E-state index in [0.29, 0.717) is 5.56 Å². The van der Waals surface area contributed by atoms with Crippen molar-refractivity contribution >= 4 is 21.6 Å². The van der Waals surface area contributed by atoms with Crippen molar-refractivity contribution in [1.82, 2.24) is 10.0 Å². The summed E-state index contributed by atoms with van der Waals surface area (Å²) < 4.78 is 31.9. The number of sulfonamides is 1. The normalized spacial score (nSPS) is 12.0. The van der Waals surface area contributed by atoms with Crippen molar-refractivity contribution in [3.63, 3.8) is 0 Å². The minimum atomic E-state index is -3.90. The molecule has 1 aromatic heterocycles. The number of rotatable bonds is 6. The number of para-hydroxylation sites is 1. The van der Waals surface area contributed by atoms with Crippen LogP contribution in [0.15, 0.2) is 45.9 Å². The zero-order chi connectivity index (χ0) is 19.5. The van der Waals surface area contributed by atoms with Gasteiger partial charge in [0.1, 0.15) is 0 Å². The molecule has 1 heterocycles. The van der Waals surface area contributed by atoms with Gasteiger partial charge in [0.25, 0.3) is 21.6 Å². The molecular formula is C16H19N3O6S. The standard InChI is InChI=1S/C16H19N3O6S/c1-16(2,3)18-26(23,24)14-9-8-13(25-14)15(20)17-10-11-6-4-5-7-12(11)19(21)22/h4-9,18H,10H2,1-3H3,(H,17,20). The van der Waals surface area contributed by atoms with Gasteiger partial charge in [0.2, 0.25) is 5.09 Å². The van der Waals surface area contributed by atoms with Crippen molar-refractivity contribution in [2.45, 2.75) is 37.9 Å². The highest BCUT2D eigenvalue weighted by atomic mass is 32.2. The Labute approximate surface area is 150 Å². The van der Waals surface area contributed by atoms with Gasteiger partial charge in [-0.25, -0.2) is 13.1 Å². The summed E-state index contributed by atoms with van der Waals surface area (Å²) in [6.45, 7) is 4.93. The molecule has 1 aromatic carbocycles. The van der Waals surface area contributed by atoms with Gasteiger partial charge < -0.3 is 9.73 Å². The third-order valence-corrected chi connectivity index (χ3v) is 4.77. The average molecular weight is 381 g/mol. The Morgan fingerprint density at radius 2 is 1.85 bits per heavy atom. The molecule has 2 rings (SSSR count). The van der Waals surface area contributed by atoms with Gasteiger partial charge in [-0.1, -0.05) is 18.2 Å². The minimum absolute atomic E-state index is 0.0982. The van der Waals surface area contributed by atoms with Crippen molar-refractivity contribution in [2.75, 3.05) is 0 Å². The summed E-state index contributed by atoms with van der Waals surface area (Å²) >= 11 is 0. The fourth-order valence-electron chi connectivity index (χ4n) is 2.14. The van der Waals surface area contributed by atoms with Crippen molar-refractivity contribution in [3.8, 4) is 0 Å². The van der Waals surface area contributed by atoms with Gasteiger partial charge in [0, 0.05) is 23.7 Å². The van der Waals surface area contributed by atoms with Gasteiger partial charge in [-0.3, -0.25) is 14.9 Å². The van der Waals surface area contributed by atoms with Crippen molar-refractivity contribution in [3.05, 3.63) is 57.8 Å². The first-order chi connectivity index (χ1) is 12.0. The Hall–Kier alpha value is -2.72. The predicted octanol–water partition coefficient (Wildman–Crippen LogP) is 2.19. The number of carbonyl (C=O) groups is 1. The number of nitrogens with one attached hydrogen (secondary N) is 2. The van der Waals surface area contributed by atoms with E-state index in [0.717, 1.165) is 0 Å². The lowest BCUT2D eigenvalue weighted by Gasteiger charge is -2.18. The highest BCUT2D eigenvalue weighted by Crippen LogP contribution is 2.19. The molecular weight excluding hydrogens is 362 g/mol. The number of nitro benzene ring substituents is 1. The molecule has 26 heavy (non-hydrogen) atoms. The molecule has 2 N–H and O–H groups in total. The van der Waals surface area contributed by atoms with Crippen LogP contribution in [0.5, 0.6) is 0 Å². The highest BCUT2D eigenvalue weighted by molar-refractivity contribution is 7.89. The van der Waals surface area contributed by atoms with E-state index < -0.39 is 26.4 Å². The van der Waals surface area contributed by atoms with Crippen LogP contribution in [-0.2, 0) is 16.6 Å². The third-order valence-electron chi connectivity index (χ3n) is 3.14. The summed E-state index contributed by atoms with van der Waals surface area (Å²) in [4.78, 5) is 22.6. The number of furan rings is 1. The molecule has 10 heteroatoms. The van der Waals surface area contributed by atoms with Crippen molar-refractivity contribution < 1.29 is 22.6 Å². The van der Waals surface area contributed by atoms with Crippen LogP contribution >= 0.6 is 0 Å². The maximum atomic E-state index is 12.2. The number of carbonyl (C=O) groups excluding carboxylic acids is 1. The molecule has 0 unspecified atom stereocenters. The molecule has 0 fully saturated rings. The second kappa shape index (κ2) is 7.26. The average Bonchev–Trinajstić information content (AvgIpc) is 3.01. The van der Waals surface area contributed by atoms with Gasteiger partial charge >= 0.3 is 0 Å². The minimum Gasteiger partial charge on any atom is -0.438 e. The van der Waals surface area contributed by atoms with Crippen LogP contribution in [0.25, 0.3) is 0 Å². The van der Waals surface area contributed by atoms with Crippen LogP contribution in [0.4, 0.5) is 5.69 Å². The van der Waals surface area contributed by atoms with Gasteiger partial charge in [0.15, 0.2) is 5.76 Å². The SMILES string of the molecule is CC(C)(C)NS(=O)(=O)c1ccc(C(=O)NCc2ccccc2[N+](=O)[O-])o1. The molecule has 0 bridgehead atoms. The lowest BCUT2D eigenvalue weighted by Crippen LogP contribution is -2.40. The fraction of sp³-hybridized carbons (Fsp3) is 0.312. The zero-order valence-corrected chi connectivity index (χ0v) is 15.3. The molecule has 0 saturated carbocycles. The van der Waals surface area contributed by atoms with E-state index in [-0.39, 0.29) is 23.1 Å². The Morgan fingerprint density at radius 1 is 1.19 bits per heavy atom. The summed E-state index contributed by atoms with van der Waals surface area (Å²) in [7, 11) is -3.90. The molecule has 0 spiro atoms. The van der Waals surface area contributed by atoms with Crippen LogP contribution < -0.4 is 10.0 Å². The van der Waals surface area contributed by atoms with Crippen LogP contribution in [0.3, 0.4) is 0 Å². The molecule has 0 atom stereocenters. The molecule has 0 saturated heterocycles. The van der Waals surface area contributed by atoms with E-state index in [2.05, 4.69) is 10.0 Å². The number of nitro groups is 1. The number of benzene rings is 1. The van der Waals surface area contributed by atoms with E-state index in [1.165, 1.54) is 30.3 Å². The monoisotopic (exact) mass is 381 g/mol. The van der Waals surface area contributed by atoms with Crippen LogP contribution in [0, 0.1) is 10.1 Å². The van der Waals surface area contributed by atoms with E-state index in [1.54, 1.807) is 26.8 Å². The summed E-state index contributed by atoms with van der Waals surface area (Å²) in [5.74, 6) is -0.891. The first-order valence-corrected chi connectivity index (χ1v) is 9.12. The molecule has 2 aromatic rings. The van der Waals surface area contributed by atoms with E-state index in [4.69, 9.17) is 4.42 Å². The summed E-state index contributed by atoms with van der Waals surface area (Å²) in [6, 6.07) is 8.39. The maximum Gasteiger partial charge on any atom is 0.287 e. The Bertz CT molecular complexity index is 927. The molecule has 0 aliphatic rings. The quantitative estimate of drug-likeness (QED) is 0.582. The second-order valence-electron chi connectivity index (χ2n) is 6.54. The summed E-state index contributed by atoms with van der Waals surface area (Å²) in [5, 5.41) is 13.1. The largest absolute Gasteiger partial charge is 0.438 e. The lowest BCUT2D eigenvalue weighted by molar-refractivity contribution is -0.385. The van der Waals surface area contributed by atoms with Gasteiger partial charge in [-0.2, -0.15) is 0 Å². The Kier molecular flexibility index (Phi) is 5.47. The number of hydrogen-bond donors (Lipinski definition) is 2. The molecule has 0 radical (unpaired) electrons. The molecule has 140 valence electrons. The Balaban J connectivity index is 2.11. The topological polar surface area (TPSA) is 132 Å². The first kappa shape index (κ1) is 19.6. The highest BCUT2D eigenvalue weighted by Gasteiger charge is 2.26. The smallest absolute Gasteiger partial charge is 0.287 e. The van der Waals surface area contributed by atoms with E-state index in [1.807, 2.05) is 0 Å². The van der Waals surface area contributed by atoms with Crippen LogP contribution in [0.1, 0.15) is 36.9 Å². The van der Waals surface area contributed by atoms with E-state index in [9.17, 15) is 23.3 Å². The molecule has 0 aliphatic carbocycles. The molecule has 1 amide bonds. The fourth-order valence-corrected chi connectivity index (χ4v) is 3.49. The number of hydrogen-bond acceptors (Lipinski definition) is 6. The lowest BCUT2D eigenvalue weighted by atomic mass is 10.1. The maximum absolute atomic E-state index is 12.2. The molecule has 0 aliphatic heterocycles. The first-order valence-electron chi connectivity index (χ1n) is 7.64. The van der Waals surface area contributed by atoms with E-state index >= 15 is 0 Å². The van der Waals surface area contributed by atoms with Gasteiger partial charge in [-0.05, 0) is 32.9 Å². The van der Waals surface area contributed by atoms with Crippen LogP contribution in [-0.4, -0.2) is 24.8 Å². The number of nitrogens with zero attached hydrogens (tertiary/aromatic N) is 1. The van der Waals surface area contributed by atoms with Crippen molar-refractivity contribution in [1.29, 1.82) is 0 Å². The number of amides is 1. The zero-order valence-electron chi connectivity index (χ0n) is 14.5. The summed E-state index contributed by atoms with van der Waals surface area (Å²) in [6.07, 6.45) is 0. The van der Waals surface area contributed by atoms with Gasteiger partial charge in [-0.15, -0.1) is 0 Å². The Morgan fingerprint density at radius 3 is 2.46 bits per heavy atom. The van der Waals surface area contributed by atoms with Gasteiger partial charge in [0.05, 0.1) is 4.92 Å². The predicted molar refractivity (Wildman–Crippen MR) is 93.0 cm³/mol. The second-order valence-corrected chi connectivity index (χ2v) is 8.16. The molecule has 9 nitrogen and oxygen atoms in total. The summed E-state index contributed by atoms with van der Waals surface area (Å²) in [5.41, 5.74) is -0.509. The van der Waals surface area contributed by atoms with Crippen molar-refractivity contribution in [2.24, 2.45) is 0 Å². The van der Waals surface area contributed by atoms with Crippen LogP contribution in [0.2, 0.25) is 0 Å².